The van der Waals surface area contributed by atoms with Gasteiger partial charge in [-0.25, -0.2) is 4.98 Å². The summed E-state index contributed by atoms with van der Waals surface area (Å²) in [6, 6.07) is 13.1. The second kappa shape index (κ2) is 7.10. The number of hydrogen-bond donors (Lipinski definition) is 2. The van der Waals surface area contributed by atoms with E-state index >= 15 is 0 Å². The van der Waals surface area contributed by atoms with Crippen molar-refractivity contribution in [1.82, 2.24) is 30.5 Å². The number of hydrogen-bond acceptors (Lipinski definition) is 5. The highest BCUT2D eigenvalue weighted by molar-refractivity contribution is 6.05. The van der Waals surface area contributed by atoms with Crippen LogP contribution in [0.15, 0.2) is 61.1 Å². The molecule has 0 saturated carbocycles. The number of amides is 1. The number of H-pyrrole nitrogens is 1. The van der Waals surface area contributed by atoms with Gasteiger partial charge in [-0.2, -0.15) is 5.10 Å². The van der Waals surface area contributed by atoms with Crippen LogP contribution in [0.1, 0.15) is 16.2 Å². The summed E-state index contributed by atoms with van der Waals surface area (Å²) in [5.74, 6) is 1.18. The summed E-state index contributed by atoms with van der Waals surface area (Å²) in [7, 11) is 0. The molecule has 2 N–H and O–H groups in total. The highest BCUT2D eigenvalue weighted by Crippen LogP contribution is 2.16. The van der Waals surface area contributed by atoms with E-state index in [1.807, 2.05) is 36.4 Å². The van der Waals surface area contributed by atoms with E-state index in [1.165, 1.54) is 0 Å². The number of nitrogens with one attached hydrogen (secondary N) is 2. The van der Waals surface area contributed by atoms with Gasteiger partial charge in [0, 0.05) is 42.5 Å². The van der Waals surface area contributed by atoms with Crippen LogP contribution in [0.4, 0.5) is 0 Å². The molecule has 128 valence electrons. The van der Waals surface area contributed by atoms with Crippen LogP contribution in [-0.2, 0) is 6.42 Å². The Labute approximate surface area is 149 Å². The molecule has 0 aliphatic carbocycles. The molecule has 0 radical (unpaired) electrons. The first-order valence-corrected chi connectivity index (χ1v) is 8.25. The Balaban J connectivity index is 1.40. The summed E-state index contributed by atoms with van der Waals surface area (Å²) in [5, 5.41) is 11.0. The van der Waals surface area contributed by atoms with Crippen molar-refractivity contribution in [3.63, 3.8) is 0 Å². The van der Waals surface area contributed by atoms with Gasteiger partial charge in [-0.15, -0.1) is 0 Å². The molecule has 0 saturated heterocycles. The molecule has 26 heavy (non-hydrogen) atoms. The number of para-hydroxylation sites is 1. The molecular weight excluding hydrogens is 328 g/mol. The minimum Gasteiger partial charge on any atom is -0.352 e. The van der Waals surface area contributed by atoms with Crippen molar-refractivity contribution >= 4 is 16.8 Å². The lowest BCUT2D eigenvalue weighted by molar-refractivity contribution is 0.0955. The lowest BCUT2D eigenvalue weighted by Gasteiger charge is -2.06. The van der Waals surface area contributed by atoms with E-state index in [2.05, 4.69) is 30.5 Å². The van der Waals surface area contributed by atoms with Crippen LogP contribution < -0.4 is 5.32 Å². The molecular formula is C19H16N6O. The molecule has 7 nitrogen and oxygen atoms in total. The number of benzene rings is 1. The van der Waals surface area contributed by atoms with Gasteiger partial charge in [0.15, 0.2) is 5.82 Å². The molecule has 3 aromatic heterocycles. The first kappa shape index (κ1) is 15.9. The third kappa shape index (κ3) is 3.27. The monoisotopic (exact) mass is 344 g/mol. The Morgan fingerprint density at radius 2 is 1.88 bits per heavy atom. The van der Waals surface area contributed by atoms with E-state index in [9.17, 15) is 4.79 Å². The number of aromatic amines is 1. The normalized spacial score (nSPS) is 10.8. The quantitative estimate of drug-likeness (QED) is 0.579. The Kier molecular flexibility index (Phi) is 4.34. The number of carbonyl (C=O) groups excluding carboxylic acids is 1. The number of fused-ring (bicyclic) bond motifs is 1. The second-order valence-corrected chi connectivity index (χ2v) is 5.73. The minimum atomic E-state index is -0.150. The van der Waals surface area contributed by atoms with Crippen LogP contribution in [0.2, 0.25) is 0 Å². The Hall–Kier alpha value is -3.61. The fourth-order valence-corrected chi connectivity index (χ4v) is 2.71. The van der Waals surface area contributed by atoms with Gasteiger partial charge in [-0.05, 0) is 24.3 Å². The molecule has 3 heterocycles. The van der Waals surface area contributed by atoms with Crippen molar-refractivity contribution in [3.8, 4) is 11.4 Å². The van der Waals surface area contributed by atoms with Gasteiger partial charge in [0.05, 0.1) is 11.1 Å². The molecule has 0 fully saturated rings. The second-order valence-electron chi connectivity index (χ2n) is 5.73. The summed E-state index contributed by atoms with van der Waals surface area (Å²) < 4.78 is 0. The van der Waals surface area contributed by atoms with E-state index in [4.69, 9.17) is 0 Å². The summed E-state index contributed by atoms with van der Waals surface area (Å²) in [6.45, 7) is 0.451. The van der Waals surface area contributed by atoms with Gasteiger partial charge in [0.2, 0.25) is 0 Å². The topological polar surface area (TPSA) is 96.5 Å². The molecule has 0 bridgehead atoms. The van der Waals surface area contributed by atoms with Gasteiger partial charge < -0.3 is 5.32 Å². The van der Waals surface area contributed by atoms with Gasteiger partial charge in [-0.1, -0.05) is 18.2 Å². The maximum Gasteiger partial charge on any atom is 0.253 e. The van der Waals surface area contributed by atoms with Crippen LogP contribution in [0, 0.1) is 0 Å². The smallest absolute Gasteiger partial charge is 0.253 e. The SMILES string of the molecule is O=C(NCCc1nc(-c2ccncc2)n[nH]1)c1cccc2cccnc12. The van der Waals surface area contributed by atoms with Gasteiger partial charge >= 0.3 is 0 Å². The highest BCUT2D eigenvalue weighted by atomic mass is 16.1. The van der Waals surface area contributed by atoms with E-state index in [1.54, 1.807) is 24.7 Å². The zero-order valence-corrected chi connectivity index (χ0v) is 13.9. The molecule has 4 aromatic rings. The van der Waals surface area contributed by atoms with E-state index in [0.717, 1.165) is 10.9 Å². The van der Waals surface area contributed by atoms with Gasteiger partial charge in [-0.3, -0.25) is 19.9 Å². The maximum absolute atomic E-state index is 12.5. The van der Waals surface area contributed by atoms with Crippen LogP contribution in [0.5, 0.6) is 0 Å². The number of rotatable bonds is 5. The molecule has 1 aromatic carbocycles. The zero-order valence-electron chi connectivity index (χ0n) is 13.9. The zero-order chi connectivity index (χ0) is 17.8. The fraction of sp³-hybridized carbons (Fsp3) is 0.105. The van der Waals surface area contributed by atoms with Crippen LogP contribution >= 0.6 is 0 Å². The number of nitrogens with zero attached hydrogens (tertiary/aromatic N) is 4. The molecule has 0 aliphatic rings. The molecule has 7 heteroatoms. The molecule has 0 aliphatic heterocycles. The average Bonchev–Trinajstić information content (AvgIpc) is 3.17. The van der Waals surface area contributed by atoms with E-state index in [0.29, 0.717) is 35.7 Å². The summed E-state index contributed by atoms with van der Waals surface area (Å²) in [6.07, 6.45) is 5.64. The van der Waals surface area contributed by atoms with Crippen molar-refractivity contribution in [2.24, 2.45) is 0 Å². The van der Waals surface area contributed by atoms with E-state index in [-0.39, 0.29) is 5.91 Å². The predicted molar refractivity (Wildman–Crippen MR) is 97.4 cm³/mol. The minimum absolute atomic E-state index is 0.150. The maximum atomic E-state index is 12.5. The third-order valence-corrected chi connectivity index (χ3v) is 3.99. The molecule has 1 amide bonds. The van der Waals surface area contributed by atoms with E-state index < -0.39 is 0 Å². The number of aromatic nitrogens is 5. The lowest BCUT2D eigenvalue weighted by atomic mass is 10.1. The van der Waals surface area contributed by atoms with Crippen molar-refractivity contribution in [1.29, 1.82) is 0 Å². The first-order chi connectivity index (χ1) is 12.8. The Morgan fingerprint density at radius 3 is 2.77 bits per heavy atom. The lowest BCUT2D eigenvalue weighted by Crippen LogP contribution is -2.26. The fourth-order valence-electron chi connectivity index (χ4n) is 2.71. The summed E-state index contributed by atoms with van der Waals surface area (Å²) >= 11 is 0. The molecule has 0 atom stereocenters. The van der Waals surface area contributed by atoms with Crippen molar-refractivity contribution in [2.45, 2.75) is 6.42 Å². The molecule has 0 spiro atoms. The Morgan fingerprint density at radius 1 is 1.04 bits per heavy atom. The number of pyridine rings is 2. The van der Waals surface area contributed by atoms with Crippen LogP contribution in [-0.4, -0.2) is 37.6 Å². The van der Waals surface area contributed by atoms with Gasteiger partial charge in [0.1, 0.15) is 5.82 Å². The van der Waals surface area contributed by atoms with Crippen LogP contribution in [0.25, 0.3) is 22.3 Å². The number of carbonyl (C=O) groups is 1. The average molecular weight is 344 g/mol. The van der Waals surface area contributed by atoms with Crippen LogP contribution in [0.3, 0.4) is 0 Å². The standard InChI is InChI=1S/C19H16N6O/c26-19(15-5-1-3-13-4-2-9-21-17(13)15)22-12-8-16-23-18(25-24-16)14-6-10-20-11-7-14/h1-7,9-11H,8,12H2,(H,22,26)(H,23,24,25). The summed E-state index contributed by atoms with van der Waals surface area (Å²) in [4.78, 5) is 25.2. The van der Waals surface area contributed by atoms with Crippen molar-refractivity contribution in [2.75, 3.05) is 6.54 Å². The van der Waals surface area contributed by atoms with Gasteiger partial charge in [0.25, 0.3) is 5.91 Å². The predicted octanol–water partition coefficient (Wildman–Crippen LogP) is 2.39. The van der Waals surface area contributed by atoms with Crippen molar-refractivity contribution in [3.05, 3.63) is 72.4 Å². The third-order valence-electron chi connectivity index (χ3n) is 3.99. The molecule has 4 rings (SSSR count). The molecule has 0 unspecified atom stereocenters. The highest BCUT2D eigenvalue weighted by Gasteiger charge is 2.11. The summed E-state index contributed by atoms with van der Waals surface area (Å²) in [5.41, 5.74) is 2.17. The first-order valence-electron chi connectivity index (χ1n) is 8.25. The van der Waals surface area contributed by atoms with Crippen molar-refractivity contribution < 1.29 is 4.79 Å². The largest absolute Gasteiger partial charge is 0.352 e. The Bertz CT molecular complexity index is 1040.